The van der Waals surface area contributed by atoms with E-state index in [1.54, 1.807) is 6.07 Å². The molecule has 4 rings (SSSR count). The summed E-state index contributed by atoms with van der Waals surface area (Å²) < 4.78 is 5.26. The van der Waals surface area contributed by atoms with E-state index in [0.29, 0.717) is 41.4 Å². The Kier molecular flexibility index (Phi) is 11.2. The zero-order valence-electron chi connectivity index (χ0n) is 22.1. The van der Waals surface area contributed by atoms with E-state index in [0.717, 1.165) is 49.4 Å². The third-order valence-corrected chi connectivity index (χ3v) is 6.98. The Bertz CT molecular complexity index is 1270. The summed E-state index contributed by atoms with van der Waals surface area (Å²) in [5, 5.41) is 27.2. The Hall–Kier alpha value is -3.12. The van der Waals surface area contributed by atoms with E-state index in [1.165, 1.54) is 11.1 Å². The fraction of sp³-hybridized carbons (Fsp3) is 0.345. The van der Waals surface area contributed by atoms with Crippen molar-refractivity contribution < 1.29 is 19.7 Å². The first kappa shape index (κ1) is 29.9. The van der Waals surface area contributed by atoms with Crippen molar-refractivity contribution in [2.75, 3.05) is 63.2 Å². The highest BCUT2D eigenvalue weighted by Crippen LogP contribution is 2.34. The number of aliphatic carboxylic acids is 1. The average Bonchev–Trinajstić information content (AvgIpc) is 2.93. The van der Waals surface area contributed by atoms with Gasteiger partial charge in [0.25, 0.3) is 0 Å². The van der Waals surface area contributed by atoms with Gasteiger partial charge in [-0.3, -0.25) is 9.69 Å². The number of halogens is 1. The summed E-state index contributed by atoms with van der Waals surface area (Å²) in [5.41, 5.74) is 6.68. The molecule has 11 heteroatoms. The third kappa shape index (κ3) is 8.44. The number of rotatable bonds is 16. The topological polar surface area (TPSA) is 119 Å². The molecule has 0 atom stereocenters. The summed E-state index contributed by atoms with van der Waals surface area (Å²) in [7, 11) is 0. The van der Waals surface area contributed by atoms with Crippen molar-refractivity contribution in [3.63, 3.8) is 0 Å². The van der Waals surface area contributed by atoms with Gasteiger partial charge >= 0.3 is 5.97 Å². The minimum absolute atomic E-state index is 0.0688. The highest BCUT2D eigenvalue weighted by molar-refractivity contribution is 7.79. The molecule has 1 aliphatic heterocycles. The summed E-state index contributed by atoms with van der Waals surface area (Å²) in [6.07, 6.45) is 0. The lowest BCUT2D eigenvalue weighted by molar-refractivity contribution is -0.134. The van der Waals surface area contributed by atoms with Crippen molar-refractivity contribution in [2.24, 2.45) is 5.92 Å². The monoisotopic (exact) mass is 583 g/mol. The van der Waals surface area contributed by atoms with Crippen LogP contribution in [-0.2, 0) is 16.1 Å². The van der Waals surface area contributed by atoms with Gasteiger partial charge in [0.05, 0.1) is 41.7 Å². The van der Waals surface area contributed by atoms with Crippen LogP contribution in [-0.4, -0.2) is 84.1 Å². The fourth-order valence-electron chi connectivity index (χ4n) is 4.60. The van der Waals surface area contributed by atoms with Gasteiger partial charge < -0.3 is 30.9 Å². The number of aromatic nitrogens is 1. The maximum absolute atomic E-state index is 10.9. The van der Waals surface area contributed by atoms with E-state index in [-0.39, 0.29) is 13.2 Å². The maximum Gasteiger partial charge on any atom is 0.322 e. The number of aliphatic hydroxyl groups excluding tert-OH is 1. The van der Waals surface area contributed by atoms with Gasteiger partial charge in [-0.15, -0.1) is 0 Å². The molecular weight excluding hydrogens is 550 g/mol. The van der Waals surface area contributed by atoms with Crippen molar-refractivity contribution in [2.45, 2.75) is 6.54 Å². The lowest BCUT2D eigenvalue weighted by Crippen LogP contribution is -2.50. The first-order valence-electron chi connectivity index (χ1n) is 13.1. The minimum atomic E-state index is -0.993. The molecule has 2 heterocycles. The molecule has 0 spiro atoms. The third-order valence-electron chi connectivity index (χ3n) is 6.58. The number of hydrogen-bond acceptors (Lipinski definition) is 8. The number of anilines is 2. The molecule has 9 nitrogen and oxygen atoms in total. The summed E-state index contributed by atoms with van der Waals surface area (Å²) in [4.78, 5) is 18.0. The second-order valence-corrected chi connectivity index (χ2v) is 10.2. The van der Waals surface area contributed by atoms with Crippen molar-refractivity contribution in [3.8, 4) is 22.4 Å². The predicted molar refractivity (Wildman–Crippen MR) is 163 cm³/mol. The average molecular weight is 584 g/mol. The number of likely N-dealkylation sites (tertiary alicyclic amines) is 1. The van der Waals surface area contributed by atoms with Crippen LogP contribution in [0.3, 0.4) is 0 Å². The quantitative estimate of drug-likeness (QED) is 0.125. The largest absolute Gasteiger partial charge is 0.480 e. The molecule has 0 radical (unpaired) electrons. The Morgan fingerprint density at radius 2 is 1.77 bits per heavy atom. The number of benzene rings is 2. The van der Waals surface area contributed by atoms with Gasteiger partial charge in [0.1, 0.15) is 6.54 Å². The molecule has 3 aromatic rings. The van der Waals surface area contributed by atoms with Gasteiger partial charge in [-0.2, -0.15) is 0 Å². The van der Waals surface area contributed by atoms with Gasteiger partial charge in [0, 0.05) is 38.3 Å². The Labute approximate surface area is 244 Å². The smallest absolute Gasteiger partial charge is 0.322 e. The fourth-order valence-corrected chi connectivity index (χ4v) is 4.97. The Morgan fingerprint density at radius 3 is 2.42 bits per heavy atom. The highest BCUT2D eigenvalue weighted by Gasteiger charge is 2.25. The zero-order chi connectivity index (χ0) is 28.3. The summed E-state index contributed by atoms with van der Waals surface area (Å²) in [5.74, 6) is 0.0779. The van der Waals surface area contributed by atoms with Crippen LogP contribution >= 0.6 is 23.8 Å². The predicted octanol–water partition coefficient (Wildman–Crippen LogP) is 3.96. The van der Waals surface area contributed by atoms with Crippen molar-refractivity contribution >= 4 is 46.8 Å². The molecule has 1 aliphatic rings. The van der Waals surface area contributed by atoms with Crippen LogP contribution in [0.15, 0.2) is 54.6 Å². The molecule has 2 aromatic carbocycles. The van der Waals surface area contributed by atoms with Crippen molar-refractivity contribution in [1.29, 1.82) is 0 Å². The maximum atomic E-state index is 10.9. The number of hydrogen-bond donors (Lipinski definition) is 5. The molecule has 0 bridgehead atoms. The molecule has 40 heavy (non-hydrogen) atoms. The SMILES string of the molecule is O=C(O)CNc1cc(Cl)c(-c2ccc(-c3ccc(CN4CC(CNCCOCCO)C4)cc3)cc2)nc1NC=S. The van der Waals surface area contributed by atoms with E-state index in [1.807, 2.05) is 24.3 Å². The molecule has 1 saturated heterocycles. The van der Waals surface area contributed by atoms with Crippen LogP contribution in [0.1, 0.15) is 5.56 Å². The van der Waals surface area contributed by atoms with Crippen LogP contribution in [0, 0.1) is 5.92 Å². The molecule has 1 aromatic heterocycles. The molecule has 212 valence electrons. The molecule has 0 amide bonds. The van der Waals surface area contributed by atoms with Gasteiger partial charge in [-0.05, 0) is 28.7 Å². The van der Waals surface area contributed by atoms with E-state index < -0.39 is 5.97 Å². The Morgan fingerprint density at radius 1 is 1.10 bits per heavy atom. The van der Waals surface area contributed by atoms with Gasteiger partial charge in [0.2, 0.25) is 0 Å². The van der Waals surface area contributed by atoms with E-state index in [2.05, 4.69) is 50.1 Å². The summed E-state index contributed by atoms with van der Waals surface area (Å²) >= 11 is 11.4. The number of carboxylic acids is 1. The number of carbonyl (C=O) groups is 1. The van der Waals surface area contributed by atoms with Crippen LogP contribution in [0.4, 0.5) is 11.5 Å². The van der Waals surface area contributed by atoms with E-state index in [9.17, 15) is 4.79 Å². The van der Waals surface area contributed by atoms with Crippen LogP contribution < -0.4 is 16.0 Å². The molecule has 0 saturated carbocycles. The van der Waals surface area contributed by atoms with Gasteiger partial charge in [-0.25, -0.2) is 4.98 Å². The van der Waals surface area contributed by atoms with Crippen LogP contribution in [0.5, 0.6) is 0 Å². The second kappa shape index (κ2) is 15.0. The first-order chi connectivity index (χ1) is 19.5. The molecule has 0 unspecified atom stereocenters. The normalized spacial score (nSPS) is 13.6. The van der Waals surface area contributed by atoms with Crippen molar-refractivity contribution in [1.82, 2.24) is 15.2 Å². The van der Waals surface area contributed by atoms with E-state index >= 15 is 0 Å². The number of ether oxygens (including phenoxy) is 1. The highest BCUT2D eigenvalue weighted by atomic mass is 35.5. The molecular formula is C29H34ClN5O4S. The zero-order valence-corrected chi connectivity index (χ0v) is 23.7. The summed E-state index contributed by atoms with van der Waals surface area (Å²) in [6, 6.07) is 18.3. The Balaban J connectivity index is 1.31. The lowest BCUT2D eigenvalue weighted by Gasteiger charge is -2.39. The van der Waals surface area contributed by atoms with Crippen LogP contribution in [0.25, 0.3) is 22.4 Å². The second-order valence-electron chi connectivity index (χ2n) is 9.60. The summed E-state index contributed by atoms with van der Waals surface area (Å²) in [6.45, 7) is 5.74. The number of nitrogens with zero attached hydrogens (tertiary/aromatic N) is 2. The number of aliphatic hydroxyl groups is 1. The lowest BCUT2D eigenvalue weighted by atomic mass is 9.98. The number of carboxylic acid groups (broad SMARTS) is 1. The van der Waals surface area contributed by atoms with Gasteiger partial charge in [0.15, 0.2) is 5.82 Å². The molecule has 1 fully saturated rings. The van der Waals surface area contributed by atoms with Gasteiger partial charge in [-0.1, -0.05) is 72.3 Å². The number of thiocarbonyl (C=S) groups is 1. The first-order valence-corrected chi connectivity index (χ1v) is 14.0. The van der Waals surface area contributed by atoms with E-state index in [4.69, 9.17) is 38.8 Å². The standard InChI is InChI=1S/C29H34ClN5O4S/c30-25-13-26(32-15-27(37)38)29(33-19-40)34-28(25)24-7-5-23(6-8-24)22-3-1-20(2-4-22)16-35-17-21(18-35)14-31-9-11-39-12-10-36/h1-8,13,19,21,31-32,36H,9-12,14-18H2,(H,37,38)(H,33,34,40). The molecule has 5 N–H and O–H groups in total. The molecule has 0 aliphatic carbocycles. The minimum Gasteiger partial charge on any atom is -0.480 e. The van der Waals surface area contributed by atoms with Crippen LogP contribution in [0.2, 0.25) is 5.02 Å². The number of nitrogens with one attached hydrogen (secondary N) is 3. The number of pyridine rings is 1. The van der Waals surface area contributed by atoms with Crippen molar-refractivity contribution in [3.05, 3.63) is 65.2 Å².